The van der Waals surface area contributed by atoms with E-state index in [-0.39, 0.29) is 29.3 Å². The second kappa shape index (κ2) is 8.31. The largest absolute Gasteiger partial charge is 0.465 e. The van der Waals surface area contributed by atoms with Gasteiger partial charge in [-0.15, -0.1) is 0 Å². The number of anilines is 3. The number of nitrogens with zero attached hydrogens (tertiary/aromatic N) is 3. The number of hydrogen-bond donors (Lipinski definition) is 4. The van der Waals surface area contributed by atoms with E-state index < -0.39 is 11.9 Å². The Morgan fingerprint density at radius 1 is 1.30 bits per heavy atom. The smallest absolute Gasteiger partial charge is 0.404 e. The summed E-state index contributed by atoms with van der Waals surface area (Å²) in [6.45, 7) is 0. The van der Waals surface area contributed by atoms with Crippen LogP contribution in [0.5, 0.6) is 0 Å². The van der Waals surface area contributed by atoms with Gasteiger partial charge in [-0.3, -0.25) is 4.98 Å². The van der Waals surface area contributed by atoms with Gasteiger partial charge in [-0.1, -0.05) is 12.8 Å². The van der Waals surface area contributed by atoms with Crippen molar-refractivity contribution < 1.29 is 14.3 Å². The molecule has 1 aliphatic carbocycles. The maximum absolute atomic E-state index is 14.4. The summed E-state index contributed by atoms with van der Waals surface area (Å²) < 4.78 is 14.4. The van der Waals surface area contributed by atoms with Crippen LogP contribution in [0.3, 0.4) is 0 Å². The number of halogens is 1. The van der Waals surface area contributed by atoms with E-state index in [4.69, 9.17) is 5.11 Å². The SMILES string of the molecule is N#Cc1cc(F)c(N[C@@H]2CCCC[C@@H]2NC(=O)O)nc1Nc1cccnc1. The maximum atomic E-state index is 14.4. The van der Waals surface area contributed by atoms with Crippen molar-refractivity contribution in [3.63, 3.8) is 0 Å². The Kier molecular flexibility index (Phi) is 5.66. The van der Waals surface area contributed by atoms with Crippen molar-refractivity contribution in [2.75, 3.05) is 10.6 Å². The predicted octanol–water partition coefficient (Wildman–Crippen LogP) is 3.22. The summed E-state index contributed by atoms with van der Waals surface area (Å²) in [4.78, 5) is 19.2. The van der Waals surface area contributed by atoms with E-state index in [2.05, 4.69) is 25.9 Å². The van der Waals surface area contributed by atoms with Crippen LogP contribution in [-0.4, -0.2) is 33.3 Å². The summed E-state index contributed by atoms with van der Waals surface area (Å²) in [7, 11) is 0. The molecule has 0 aliphatic heterocycles. The highest BCUT2D eigenvalue weighted by Gasteiger charge is 2.28. The van der Waals surface area contributed by atoms with Crippen LogP contribution in [0.1, 0.15) is 31.2 Å². The molecule has 2 aromatic heterocycles. The minimum absolute atomic E-state index is 0.0236. The number of rotatable bonds is 5. The lowest BCUT2D eigenvalue weighted by molar-refractivity contribution is 0.184. The van der Waals surface area contributed by atoms with Crippen LogP contribution in [0.4, 0.5) is 26.5 Å². The molecule has 2 heterocycles. The number of carbonyl (C=O) groups is 1. The number of carboxylic acid groups (broad SMARTS) is 1. The van der Waals surface area contributed by atoms with Gasteiger partial charge < -0.3 is 21.1 Å². The Morgan fingerprint density at radius 3 is 2.74 bits per heavy atom. The van der Waals surface area contributed by atoms with Crippen molar-refractivity contribution in [1.82, 2.24) is 15.3 Å². The van der Waals surface area contributed by atoms with Crippen molar-refractivity contribution in [3.8, 4) is 6.07 Å². The fraction of sp³-hybridized carbons (Fsp3) is 0.333. The van der Waals surface area contributed by atoms with E-state index in [9.17, 15) is 14.4 Å². The van der Waals surface area contributed by atoms with Gasteiger partial charge in [-0.05, 0) is 31.0 Å². The molecule has 27 heavy (non-hydrogen) atoms. The first kappa shape index (κ1) is 18.4. The van der Waals surface area contributed by atoms with E-state index in [1.54, 1.807) is 24.5 Å². The fourth-order valence-corrected chi connectivity index (χ4v) is 3.15. The molecule has 8 nitrogen and oxygen atoms in total. The van der Waals surface area contributed by atoms with Gasteiger partial charge in [0.15, 0.2) is 17.5 Å². The van der Waals surface area contributed by atoms with Gasteiger partial charge in [-0.25, -0.2) is 14.2 Å². The Morgan fingerprint density at radius 2 is 2.07 bits per heavy atom. The average molecular weight is 370 g/mol. The summed E-state index contributed by atoms with van der Waals surface area (Å²) in [6.07, 6.45) is 5.24. The highest BCUT2D eigenvalue weighted by atomic mass is 19.1. The predicted molar refractivity (Wildman–Crippen MR) is 97.3 cm³/mol. The first-order valence-corrected chi connectivity index (χ1v) is 8.60. The zero-order valence-corrected chi connectivity index (χ0v) is 14.4. The molecule has 4 N–H and O–H groups in total. The third-order valence-corrected chi connectivity index (χ3v) is 4.42. The molecule has 1 aliphatic rings. The molecule has 1 saturated carbocycles. The quantitative estimate of drug-likeness (QED) is 0.637. The number of amides is 1. The van der Waals surface area contributed by atoms with Gasteiger partial charge in [0.2, 0.25) is 0 Å². The van der Waals surface area contributed by atoms with Crippen molar-refractivity contribution in [3.05, 3.63) is 42.0 Å². The molecule has 0 aromatic carbocycles. The van der Waals surface area contributed by atoms with Gasteiger partial charge in [0, 0.05) is 12.2 Å². The topological polar surface area (TPSA) is 123 Å². The number of nitriles is 1. The molecule has 1 fully saturated rings. The zero-order valence-electron chi connectivity index (χ0n) is 14.4. The summed E-state index contributed by atoms with van der Waals surface area (Å²) in [5, 5.41) is 26.7. The molecule has 3 rings (SSSR count). The van der Waals surface area contributed by atoms with Gasteiger partial charge in [0.1, 0.15) is 6.07 Å². The molecule has 9 heteroatoms. The Labute approximate surface area is 155 Å². The lowest BCUT2D eigenvalue weighted by Gasteiger charge is -2.32. The Balaban J connectivity index is 1.85. The van der Waals surface area contributed by atoms with Gasteiger partial charge >= 0.3 is 6.09 Å². The zero-order chi connectivity index (χ0) is 19.2. The lowest BCUT2D eigenvalue weighted by Crippen LogP contribution is -2.48. The maximum Gasteiger partial charge on any atom is 0.404 e. The monoisotopic (exact) mass is 370 g/mol. The van der Waals surface area contributed by atoms with E-state index in [1.165, 1.54) is 0 Å². The van der Waals surface area contributed by atoms with Gasteiger partial charge in [0.25, 0.3) is 0 Å². The molecule has 1 amide bonds. The van der Waals surface area contributed by atoms with Gasteiger partial charge in [-0.2, -0.15) is 5.26 Å². The Bertz CT molecular complexity index is 855. The highest BCUT2D eigenvalue weighted by molar-refractivity contribution is 5.66. The molecule has 0 saturated heterocycles. The molecular weight excluding hydrogens is 351 g/mol. The number of nitrogens with one attached hydrogen (secondary N) is 3. The van der Waals surface area contributed by atoms with E-state index in [1.807, 2.05) is 6.07 Å². The van der Waals surface area contributed by atoms with Crippen LogP contribution in [0.15, 0.2) is 30.6 Å². The number of pyridine rings is 2. The van der Waals surface area contributed by atoms with E-state index >= 15 is 0 Å². The first-order valence-electron chi connectivity index (χ1n) is 8.60. The fourth-order valence-electron chi connectivity index (χ4n) is 3.15. The first-order chi connectivity index (χ1) is 13.1. The van der Waals surface area contributed by atoms with Crippen LogP contribution in [0, 0.1) is 17.1 Å². The molecule has 140 valence electrons. The summed E-state index contributed by atoms with van der Waals surface area (Å²) in [6, 6.07) is 5.89. The molecule has 0 bridgehead atoms. The highest BCUT2D eigenvalue weighted by Crippen LogP contribution is 2.26. The molecule has 0 spiro atoms. The standard InChI is InChI=1S/C18H19FN6O2/c19-13-8-11(9-20)16(22-12-4-3-7-21-10-12)25-17(13)23-14-5-1-2-6-15(14)24-18(26)27/h3-4,7-8,10,14-15,24H,1-2,5-6H2,(H,26,27)(H2,22,23,25)/t14-,15+/m1/s1. The average Bonchev–Trinajstić information content (AvgIpc) is 2.66. The van der Waals surface area contributed by atoms with Crippen molar-refractivity contribution in [1.29, 1.82) is 5.26 Å². The number of aromatic nitrogens is 2. The second-order valence-corrected chi connectivity index (χ2v) is 6.28. The Hall–Kier alpha value is -3.41. The van der Waals surface area contributed by atoms with Gasteiger partial charge in [0.05, 0.1) is 23.5 Å². The molecule has 2 aromatic rings. The van der Waals surface area contributed by atoms with E-state index in [0.29, 0.717) is 18.5 Å². The normalized spacial score (nSPS) is 19.0. The van der Waals surface area contributed by atoms with Crippen molar-refractivity contribution in [2.24, 2.45) is 0 Å². The van der Waals surface area contributed by atoms with Crippen LogP contribution in [0.25, 0.3) is 0 Å². The van der Waals surface area contributed by atoms with Crippen LogP contribution in [0.2, 0.25) is 0 Å². The molecule has 0 radical (unpaired) electrons. The third kappa shape index (κ3) is 4.61. The molecule has 0 unspecified atom stereocenters. The minimum atomic E-state index is -1.11. The molecule has 2 atom stereocenters. The van der Waals surface area contributed by atoms with Crippen LogP contribution >= 0.6 is 0 Å². The van der Waals surface area contributed by atoms with E-state index in [0.717, 1.165) is 18.9 Å². The summed E-state index contributed by atoms with van der Waals surface area (Å²) in [5.41, 5.74) is 0.674. The minimum Gasteiger partial charge on any atom is -0.465 e. The van der Waals surface area contributed by atoms with Crippen LogP contribution < -0.4 is 16.0 Å². The summed E-state index contributed by atoms with van der Waals surface area (Å²) in [5.74, 6) is -0.486. The van der Waals surface area contributed by atoms with Crippen molar-refractivity contribution >= 4 is 23.4 Å². The molecular formula is C18H19FN6O2. The summed E-state index contributed by atoms with van der Waals surface area (Å²) >= 11 is 0. The van der Waals surface area contributed by atoms with Crippen molar-refractivity contribution in [2.45, 2.75) is 37.8 Å². The number of hydrogen-bond acceptors (Lipinski definition) is 6. The van der Waals surface area contributed by atoms with Crippen LogP contribution in [-0.2, 0) is 0 Å². The third-order valence-electron chi connectivity index (χ3n) is 4.42. The second-order valence-electron chi connectivity index (χ2n) is 6.28. The lowest BCUT2D eigenvalue weighted by atomic mass is 9.90.